The van der Waals surface area contributed by atoms with Gasteiger partial charge in [0.15, 0.2) is 0 Å². The second kappa shape index (κ2) is 5.83. The molecular formula is C13H11F2N3O3. The number of nitrogens with zero attached hydrogens (tertiary/aromatic N) is 3. The zero-order valence-corrected chi connectivity index (χ0v) is 10.9. The molecule has 1 fully saturated rings. The van der Waals surface area contributed by atoms with Gasteiger partial charge in [-0.2, -0.15) is 9.65 Å². The van der Waals surface area contributed by atoms with Crippen molar-refractivity contribution in [3.05, 3.63) is 39.4 Å². The van der Waals surface area contributed by atoms with Crippen LogP contribution in [0.3, 0.4) is 0 Å². The molecule has 110 valence electrons. The number of piperidine rings is 1. The van der Waals surface area contributed by atoms with Gasteiger partial charge in [-0.25, -0.2) is 4.39 Å². The summed E-state index contributed by atoms with van der Waals surface area (Å²) in [6, 6.07) is 3.38. The molecule has 0 N–H and O–H groups in total. The van der Waals surface area contributed by atoms with Crippen LogP contribution in [0, 0.1) is 39.0 Å². The lowest BCUT2D eigenvalue weighted by Crippen LogP contribution is -2.40. The molecule has 2 rings (SSSR count). The van der Waals surface area contributed by atoms with Crippen molar-refractivity contribution in [1.82, 2.24) is 4.90 Å². The van der Waals surface area contributed by atoms with Crippen LogP contribution < -0.4 is 0 Å². The summed E-state index contributed by atoms with van der Waals surface area (Å²) < 4.78 is 27.7. The fraction of sp³-hybridized carbons (Fsp3) is 0.385. The summed E-state index contributed by atoms with van der Waals surface area (Å²) >= 11 is 0. The molecule has 1 unspecified atom stereocenters. The molecule has 1 atom stereocenters. The van der Waals surface area contributed by atoms with E-state index in [4.69, 9.17) is 5.26 Å². The number of amides is 1. The fourth-order valence-corrected chi connectivity index (χ4v) is 2.30. The van der Waals surface area contributed by atoms with Crippen molar-refractivity contribution in [3.63, 3.8) is 0 Å². The molecule has 1 saturated heterocycles. The number of rotatable bonds is 2. The van der Waals surface area contributed by atoms with E-state index < -0.39 is 39.6 Å². The highest BCUT2D eigenvalue weighted by Gasteiger charge is 2.31. The first-order chi connectivity index (χ1) is 9.95. The third kappa shape index (κ3) is 2.81. The molecule has 1 aromatic carbocycles. The summed E-state index contributed by atoms with van der Waals surface area (Å²) in [7, 11) is 0. The van der Waals surface area contributed by atoms with Crippen LogP contribution in [-0.4, -0.2) is 28.8 Å². The highest BCUT2D eigenvalue weighted by molar-refractivity contribution is 5.95. The first-order valence-electron chi connectivity index (χ1n) is 6.27. The second-order valence-electron chi connectivity index (χ2n) is 4.73. The van der Waals surface area contributed by atoms with Crippen LogP contribution in [0.2, 0.25) is 0 Å². The minimum absolute atomic E-state index is 0.0664. The van der Waals surface area contributed by atoms with Crippen molar-refractivity contribution in [1.29, 1.82) is 5.26 Å². The molecule has 0 aliphatic carbocycles. The Kier molecular flexibility index (Phi) is 4.12. The molecule has 1 aromatic rings. The van der Waals surface area contributed by atoms with E-state index in [1.807, 2.05) is 6.07 Å². The maximum Gasteiger partial charge on any atom is 0.305 e. The van der Waals surface area contributed by atoms with E-state index in [0.29, 0.717) is 25.0 Å². The highest BCUT2D eigenvalue weighted by atomic mass is 19.1. The van der Waals surface area contributed by atoms with Gasteiger partial charge in [0.2, 0.25) is 5.82 Å². The average molecular weight is 295 g/mol. The topological polar surface area (TPSA) is 87.2 Å². The summed E-state index contributed by atoms with van der Waals surface area (Å²) in [5, 5.41) is 19.5. The molecule has 6 nitrogen and oxygen atoms in total. The zero-order chi connectivity index (χ0) is 15.6. The van der Waals surface area contributed by atoms with Gasteiger partial charge >= 0.3 is 5.69 Å². The predicted molar refractivity (Wildman–Crippen MR) is 67.3 cm³/mol. The Balaban J connectivity index is 2.37. The number of carbonyl (C=O) groups excluding carboxylic acids is 1. The van der Waals surface area contributed by atoms with Gasteiger partial charge in [0.05, 0.1) is 16.9 Å². The Labute approximate surface area is 118 Å². The lowest BCUT2D eigenvalue weighted by molar-refractivity contribution is -0.387. The third-order valence-electron chi connectivity index (χ3n) is 3.37. The van der Waals surface area contributed by atoms with Crippen LogP contribution in [0.25, 0.3) is 0 Å². The number of nitro benzene ring substituents is 1. The molecule has 0 bridgehead atoms. The first-order valence-corrected chi connectivity index (χ1v) is 6.27. The summed E-state index contributed by atoms with van der Waals surface area (Å²) in [6.07, 6.45) is 1.16. The van der Waals surface area contributed by atoms with Gasteiger partial charge in [0.25, 0.3) is 5.91 Å². The van der Waals surface area contributed by atoms with E-state index in [9.17, 15) is 23.7 Å². The maximum atomic E-state index is 14.0. The second-order valence-corrected chi connectivity index (χ2v) is 4.73. The van der Waals surface area contributed by atoms with Gasteiger partial charge in [-0.3, -0.25) is 14.9 Å². The van der Waals surface area contributed by atoms with Gasteiger partial charge in [-0.1, -0.05) is 0 Å². The number of carbonyl (C=O) groups is 1. The van der Waals surface area contributed by atoms with Crippen molar-refractivity contribution in [2.24, 2.45) is 5.92 Å². The number of nitriles is 1. The predicted octanol–water partition coefficient (Wildman–Crippen LogP) is 2.25. The Morgan fingerprint density at radius 2 is 2.19 bits per heavy atom. The fourth-order valence-electron chi connectivity index (χ4n) is 2.30. The standard InChI is InChI=1S/C13H11F2N3O3/c14-9-3-4-10(18(20)21)12(15)11(9)13(19)17-5-1-2-8(6-16)7-17/h3-4,8H,1-2,5,7H2. The number of hydrogen-bond donors (Lipinski definition) is 0. The van der Waals surface area contributed by atoms with Crippen LogP contribution in [-0.2, 0) is 0 Å². The largest absolute Gasteiger partial charge is 0.337 e. The zero-order valence-electron chi connectivity index (χ0n) is 10.9. The average Bonchev–Trinajstić information content (AvgIpc) is 2.46. The number of halogens is 2. The van der Waals surface area contributed by atoms with Crippen LogP contribution in [0.4, 0.5) is 14.5 Å². The van der Waals surface area contributed by atoms with E-state index in [1.165, 1.54) is 0 Å². The summed E-state index contributed by atoms with van der Waals surface area (Å²) in [5.74, 6) is -3.99. The Hall–Kier alpha value is -2.56. The summed E-state index contributed by atoms with van der Waals surface area (Å²) in [5.41, 5.74) is -1.89. The van der Waals surface area contributed by atoms with Crippen molar-refractivity contribution < 1.29 is 18.5 Å². The molecule has 1 amide bonds. The van der Waals surface area contributed by atoms with Crippen LogP contribution in [0.5, 0.6) is 0 Å². The van der Waals surface area contributed by atoms with Crippen LogP contribution in [0.1, 0.15) is 23.2 Å². The highest BCUT2D eigenvalue weighted by Crippen LogP contribution is 2.26. The van der Waals surface area contributed by atoms with Crippen molar-refractivity contribution in [2.75, 3.05) is 13.1 Å². The van der Waals surface area contributed by atoms with E-state index in [0.717, 1.165) is 4.90 Å². The normalized spacial score (nSPS) is 18.1. The van der Waals surface area contributed by atoms with E-state index in [2.05, 4.69) is 0 Å². The van der Waals surface area contributed by atoms with Gasteiger partial charge < -0.3 is 4.90 Å². The SMILES string of the molecule is N#CC1CCCN(C(=O)c2c(F)ccc([N+](=O)[O-])c2F)C1. The smallest absolute Gasteiger partial charge is 0.305 e. The third-order valence-corrected chi connectivity index (χ3v) is 3.37. The van der Waals surface area contributed by atoms with Crippen molar-refractivity contribution in [3.8, 4) is 6.07 Å². The maximum absolute atomic E-state index is 14.0. The van der Waals surface area contributed by atoms with Crippen LogP contribution >= 0.6 is 0 Å². The number of likely N-dealkylation sites (tertiary alicyclic amines) is 1. The van der Waals surface area contributed by atoms with Crippen LogP contribution in [0.15, 0.2) is 12.1 Å². The van der Waals surface area contributed by atoms with E-state index in [-0.39, 0.29) is 13.1 Å². The molecule has 8 heteroatoms. The number of nitro groups is 1. The monoisotopic (exact) mass is 295 g/mol. The molecule has 21 heavy (non-hydrogen) atoms. The van der Waals surface area contributed by atoms with E-state index in [1.54, 1.807) is 0 Å². The number of benzene rings is 1. The van der Waals surface area contributed by atoms with Gasteiger partial charge in [-0.15, -0.1) is 0 Å². The van der Waals surface area contributed by atoms with Crippen molar-refractivity contribution in [2.45, 2.75) is 12.8 Å². The van der Waals surface area contributed by atoms with E-state index >= 15 is 0 Å². The quantitative estimate of drug-likeness (QED) is 0.618. The minimum atomic E-state index is -1.48. The molecular weight excluding hydrogens is 284 g/mol. The first kappa shape index (κ1) is 14.8. The summed E-state index contributed by atoms with van der Waals surface area (Å²) in [4.78, 5) is 23.0. The Bertz CT molecular complexity index is 642. The molecule has 1 heterocycles. The molecule has 1 aliphatic heterocycles. The number of hydrogen-bond acceptors (Lipinski definition) is 4. The molecule has 0 radical (unpaired) electrons. The Morgan fingerprint density at radius 3 is 2.81 bits per heavy atom. The molecule has 1 aliphatic rings. The summed E-state index contributed by atoms with van der Waals surface area (Å²) in [6.45, 7) is 0.329. The van der Waals surface area contributed by atoms with Gasteiger partial charge in [0, 0.05) is 19.2 Å². The molecule has 0 spiro atoms. The Morgan fingerprint density at radius 1 is 1.48 bits per heavy atom. The molecule has 0 saturated carbocycles. The minimum Gasteiger partial charge on any atom is -0.337 e. The van der Waals surface area contributed by atoms with Gasteiger partial charge in [0.1, 0.15) is 11.4 Å². The van der Waals surface area contributed by atoms with Crippen molar-refractivity contribution >= 4 is 11.6 Å². The lowest BCUT2D eigenvalue weighted by atomic mass is 9.98. The van der Waals surface area contributed by atoms with Gasteiger partial charge in [-0.05, 0) is 18.9 Å². The lowest BCUT2D eigenvalue weighted by Gasteiger charge is -2.29. The molecule has 0 aromatic heterocycles.